The SMILES string of the molecule is Cc1cc(C(=O)N(CC(C)C)C2CC2)ccc1F. The summed E-state index contributed by atoms with van der Waals surface area (Å²) < 4.78 is 13.2. The van der Waals surface area contributed by atoms with Gasteiger partial charge in [0.15, 0.2) is 0 Å². The Hall–Kier alpha value is -1.38. The maximum atomic E-state index is 13.2. The Morgan fingerprint density at radius 3 is 2.61 bits per heavy atom. The number of nitrogens with zero attached hydrogens (tertiary/aromatic N) is 1. The van der Waals surface area contributed by atoms with Crippen molar-refractivity contribution in [2.75, 3.05) is 6.54 Å². The third kappa shape index (κ3) is 2.89. The second-order valence-corrected chi connectivity index (χ2v) is 5.55. The van der Waals surface area contributed by atoms with Crippen molar-refractivity contribution in [3.05, 3.63) is 35.1 Å². The fraction of sp³-hybridized carbons (Fsp3) is 0.533. The molecule has 0 aliphatic heterocycles. The summed E-state index contributed by atoms with van der Waals surface area (Å²) >= 11 is 0. The van der Waals surface area contributed by atoms with Gasteiger partial charge in [-0.2, -0.15) is 0 Å². The maximum Gasteiger partial charge on any atom is 0.254 e. The summed E-state index contributed by atoms with van der Waals surface area (Å²) in [6.45, 7) is 6.69. The van der Waals surface area contributed by atoms with Gasteiger partial charge in [0, 0.05) is 18.2 Å². The molecule has 3 heteroatoms. The minimum atomic E-state index is -0.256. The molecule has 2 nitrogen and oxygen atoms in total. The van der Waals surface area contributed by atoms with Crippen molar-refractivity contribution >= 4 is 5.91 Å². The fourth-order valence-electron chi connectivity index (χ4n) is 2.12. The van der Waals surface area contributed by atoms with E-state index in [4.69, 9.17) is 0 Å². The summed E-state index contributed by atoms with van der Waals surface area (Å²) in [7, 11) is 0. The number of rotatable bonds is 4. The largest absolute Gasteiger partial charge is 0.335 e. The third-order valence-electron chi connectivity index (χ3n) is 3.22. The van der Waals surface area contributed by atoms with E-state index in [0.29, 0.717) is 23.1 Å². The molecule has 0 saturated heterocycles. The van der Waals surface area contributed by atoms with Gasteiger partial charge in [-0.1, -0.05) is 13.8 Å². The lowest BCUT2D eigenvalue weighted by molar-refractivity contribution is 0.0722. The number of aryl methyl sites for hydroxylation is 1. The molecule has 1 aliphatic carbocycles. The normalized spacial score (nSPS) is 14.9. The van der Waals surface area contributed by atoms with Crippen LogP contribution in [-0.2, 0) is 0 Å². The van der Waals surface area contributed by atoms with E-state index in [2.05, 4.69) is 13.8 Å². The molecule has 1 saturated carbocycles. The molecule has 1 amide bonds. The Balaban J connectivity index is 2.19. The first-order valence-corrected chi connectivity index (χ1v) is 6.56. The van der Waals surface area contributed by atoms with Gasteiger partial charge in [-0.3, -0.25) is 4.79 Å². The van der Waals surface area contributed by atoms with E-state index in [1.54, 1.807) is 19.1 Å². The van der Waals surface area contributed by atoms with Crippen LogP contribution in [0, 0.1) is 18.7 Å². The van der Waals surface area contributed by atoms with Crippen molar-refractivity contribution in [2.45, 2.75) is 39.7 Å². The molecule has 1 aromatic rings. The van der Waals surface area contributed by atoms with Crippen molar-refractivity contribution in [3.63, 3.8) is 0 Å². The molecule has 0 bridgehead atoms. The lowest BCUT2D eigenvalue weighted by atomic mass is 10.1. The highest BCUT2D eigenvalue weighted by atomic mass is 19.1. The van der Waals surface area contributed by atoms with E-state index < -0.39 is 0 Å². The molecule has 0 unspecified atom stereocenters. The molecule has 1 aromatic carbocycles. The number of amides is 1. The molecule has 0 aromatic heterocycles. The van der Waals surface area contributed by atoms with Gasteiger partial charge in [0.25, 0.3) is 5.91 Å². The van der Waals surface area contributed by atoms with E-state index in [9.17, 15) is 9.18 Å². The summed E-state index contributed by atoms with van der Waals surface area (Å²) in [5, 5.41) is 0. The van der Waals surface area contributed by atoms with Crippen molar-refractivity contribution < 1.29 is 9.18 Å². The number of halogens is 1. The van der Waals surface area contributed by atoms with Crippen molar-refractivity contribution in [1.29, 1.82) is 0 Å². The predicted molar refractivity (Wildman–Crippen MR) is 70.0 cm³/mol. The molecule has 98 valence electrons. The van der Waals surface area contributed by atoms with Crippen molar-refractivity contribution in [2.24, 2.45) is 5.92 Å². The van der Waals surface area contributed by atoms with Crippen LogP contribution in [0.3, 0.4) is 0 Å². The first kappa shape index (κ1) is 13.1. The summed E-state index contributed by atoms with van der Waals surface area (Å²) in [6, 6.07) is 5.00. The van der Waals surface area contributed by atoms with E-state index in [1.165, 1.54) is 6.07 Å². The van der Waals surface area contributed by atoms with Crippen molar-refractivity contribution in [1.82, 2.24) is 4.90 Å². The van der Waals surface area contributed by atoms with Crippen LogP contribution in [0.15, 0.2) is 18.2 Å². The predicted octanol–water partition coefficient (Wildman–Crippen LogP) is 3.39. The lowest BCUT2D eigenvalue weighted by Gasteiger charge is -2.24. The van der Waals surface area contributed by atoms with E-state index in [1.807, 2.05) is 4.90 Å². The van der Waals surface area contributed by atoms with Crippen LogP contribution >= 0.6 is 0 Å². The van der Waals surface area contributed by atoms with E-state index in [0.717, 1.165) is 19.4 Å². The Morgan fingerprint density at radius 1 is 1.44 bits per heavy atom. The zero-order chi connectivity index (χ0) is 13.3. The molecule has 0 spiro atoms. The average Bonchev–Trinajstić information content (AvgIpc) is 3.12. The summed E-state index contributed by atoms with van der Waals surface area (Å²) in [6.07, 6.45) is 2.19. The molecular formula is C15H20FNO. The second-order valence-electron chi connectivity index (χ2n) is 5.55. The molecule has 18 heavy (non-hydrogen) atoms. The van der Waals surface area contributed by atoms with Gasteiger partial charge in [0.1, 0.15) is 5.82 Å². The highest BCUT2D eigenvalue weighted by Crippen LogP contribution is 2.29. The molecule has 0 atom stereocenters. The topological polar surface area (TPSA) is 20.3 Å². The number of benzene rings is 1. The maximum absolute atomic E-state index is 13.2. The standard InChI is InChI=1S/C15H20FNO/c1-10(2)9-17(13-5-6-13)15(18)12-4-7-14(16)11(3)8-12/h4,7-8,10,13H,5-6,9H2,1-3H3. The van der Waals surface area contributed by atoms with Gasteiger partial charge in [0.05, 0.1) is 0 Å². The quantitative estimate of drug-likeness (QED) is 0.801. The van der Waals surface area contributed by atoms with Gasteiger partial charge in [0.2, 0.25) is 0 Å². The number of hydrogen-bond donors (Lipinski definition) is 0. The average molecular weight is 249 g/mol. The smallest absolute Gasteiger partial charge is 0.254 e. The summed E-state index contributed by atoms with van der Waals surface area (Å²) in [5.74, 6) is 0.235. The van der Waals surface area contributed by atoms with E-state index >= 15 is 0 Å². The van der Waals surface area contributed by atoms with Crippen LogP contribution in [0.2, 0.25) is 0 Å². The Bertz CT molecular complexity index is 452. The molecule has 0 radical (unpaired) electrons. The molecule has 0 heterocycles. The molecule has 1 aliphatic rings. The zero-order valence-electron chi connectivity index (χ0n) is 11.2. The molecule has 2 rings (SSSR count). The first-order valence-electron chi connectivity index (χ1n) is 6.56. The summed E-state index contributed by atoms with van der Waals surface area (Å²) in [5.41, 5.74) is 1.13. The van der Waals surface area contributed by atoms with Gasteiger partial charge >= 0.3 is 0 Å². The van der Waals surface area contributed by atoms with Gasteiger partial charge in [-0.15, -0.1) is 0 Å². The monoisotopic (exact) mass is 249 g/mol. The highest BCUT2D eigenvalue weighted by Gasteiger charge is 2.33. The molecule has 1 fully saturated rings. The number of carbonyl (C=O) groups excluding carboxylic acids is 1. The van der Waals surface area contributed by atoms with E-state index in [-0.39, 0.29) is 11.7 Å². The Labute approximate surface area is 108 Å². The summed E-state index contributed by atoms with van der Waals surface area (Å²) in [4.78, 5) is 14.4. The van der Waals surface area contributed by atoms with Crippen LogP contribution in [0.25, 0.3) is 0 Å². The van der Waals surface area contributed by atoms with Crippen LogP contribution in [0.1, 0.15) is 42.6 Å². The third-order valence-corrected chi connectivity index (χ3v) is 3.22. The van der Waals surface area contributed by atoms with Crippen LogP contribution in [-0.4, -0.2) is 23.4 Å². The first-order chi connectivity index (χ1) is 8.49. The fourth-order valence-corrected chi connectivity index (χ4v) is 2.12. The number of carbonyl (C=O) groups is 1. The second kappa shape index (κ2) is 5.09. The minimum absolute atomic E-state index is 0.0364. The Kier molecular flexibility index (Phi) is 3.69. The minimum Gasteiger partial charge on any atom is -0.335 e. The van der Waals surface area contributed by atoms with Gasteiger partial charge < -0.3 is 4.90 Å². The van der Waals surface area contributed by atoms with Gasteiger partial charge in [-0.05, 0) is 49.4 Å². The molecular weight excluding hydrogens is 229 g/mol. The number of hydrogen-bond acceptors (Lipinski definition) is 1. The van der Waals surface area contributed by atoms with Crippen molar-refractivity contribution in [3.8, 4) is 0 Å². The molecule has 0 N–H and O–H groups in total. The highest BCUT2D eigenvalue weighted by molar-refractivity contribution is 5.94. The lowest BCUT2D eigenvalue weighted by Crippen LogP contribution is -2.36. The van der Waals surface area contributed by atoms with Gasteiger partial charge in [-0.25, -0.2) is 4.39 Å². The zero-order valence-corrected chi connectivity index (χ0v) is 11.2. The van der Waals surface area contributed by atoms with Crippen LogP contribution < -0.4 is 0 Å². The van der Waals surface area contributed by atoms with Crippen LogP contribution in [0.4, 0.5) is 4.39 Å². The van der Waals surface area contributed by atoms with Crippen LogP contribution in [0.5, 0.6) is 0 Å². The Morgan fingerprint density at radius 2 is 2.11 bits per heavy atom.